The smallest absolute Gasteiger partial charge is 0.300 e. The lowest BCUT2D eigenvalue weighted by atomic mass is 9.95. The highest BCUT2D eigenvalue weighted by Crippen LogP contribution is 2.44. The molecule has 1 fully saturated rings. The number of aryl methyl sites for hydroxylation is 1. The van der Waals surface area contributed by atoms with Crippen molar-refractivity contribution in [3.8, 4) is 0 Å². The fourth-order valence-electron chi connectivity index (χ4n) is 4.28. The summed E-state index contributed by atoms with van der Waals surface area (Å²) in [7, 11) is 1.90. The second-order valence-electron chi connectivity index (χ2n) is 7.60. The highest BCUT2D eigenvalue weighted by atomic mass is 35.5. The van der Waals surface area contributed by atoms with Gasteiger partial charge in [0, 0.05) is 58.4 Å². The Balaban J connectivity index is 1.82. The van der Waals surface area contributed by atoms with Crippen molar-refractivity contribution in [2.45, 2.75) is 6.04 Å². The summed E-state index contributed by atoms with van der Waals surface area (Å²) in [5.74, 6) is -1.72. The van der Waals surface area contributed by atoms with Crippen LogP contribution in [0, 0.1) is 0 Å². The van der Waals surface area contributed by atoms with Gasteiger partial charge >= 0.3 is 0 Å². The molecule has 1 unspecified atom stereocenters. The Morgan fingerprint density at radius 1 is 1.03 bits per heavy atom. The van der Waals surface area contributed by atoms with Crippen molar-refractivity contribution >= 4 is 45.6 Å². The summed E-state index contributed by atoms with van der Waals surface area (Å²) < 4.78 is 1.94. The second-order valence-corrected chi connectivity index (χ2v) is 8.03. The normalized spacial score (nSPS) is 17.9. The van der Waals surface area contributed by atoms with Crippen molar-refractivity contribution in [2.24, 2.45) is 7.05 Å². The molecule has 4 aromatic rings. The number of anilines is 1. The molecular weight excluding hydrogens is 426 g/mol. The zero-order valence-corrected chi connectivity index (χ0v) is 17.8. The van der Waals surface area contributed by atoms with Crippen LogP contribution in [0.1, 0.15) is 17.2 Å². The molecule has 1 saturated heterocycles. The first-order valence-corrected chi connectivity index (χ1v) is 10.4. The Labute approximate surface area is 189 Å². The Hall–Kier alpha value is -3.90. The van der Waals surface area contributed by atoms with Crippen molar-refractivity contribution in [1.82, 2.24) is 9.55 Å². The average molecular weight is 444 g/mol. The van der Waals surface area contributed by atoms with Gasteiger partial charge in [0.15, 0.2) is 0 Å². The first kappa shape index (κ1) is 20.0. The van der Waals surface area contributed by atoms with Crippen LogP contribution in [-0.4, -0.2) is 26.3 Å². The van der Waals surface area contributed by atoms with Crippen LogP contribution in [-0.2, 0) is 16.6 Å². The van der Waals surface area contributed by atoms with Crippen molar-refractivity contribution < 1.29 is 14.7 Å². The van der Waals surface area contributed by atoms with E-state index in [0.29, 0.717) is 16.3 Å². The number of aromatic nitrogens is 2. The number of aliphatic hydroxyl groups is 1. The van der Waals surface area contributed by atoms with Gasteiger partial charge in [-0.1, -0.05) is 35.9 Å². The standard InChI is InChI=1S/C25H18ClN3O3/c1-28-14-19(18-7-2-3-8-20(18)28)22-21(23(30)15-9-11-27-12-10-15)24(31)25(32)29(22)17-6-4-5-16(26)13-17/h2-14,22,30H,1H3/b23-21+. The number of hydrogen-bond donors (Lipinski definition) is 1. The minimum absolute atomic E-state index is 0.0255. The molecular formula is C25H18ClN3O3. The van der Waals surface area contributed by atoms with Gasteiger partial charge in [-0.2, -0.15) is 0 Å². The minimum Gasteiger partial charge on any atom is -0.507 e. The topological polar surface area (TPSA) is 75.4 Å². The number of hydrogen-bond acceptors (Lipinski definition) is 4. The van der Waals surface area contributed by atoms with Crippen molar-refractivity contribution in [3.63, 3.8) is 0 Å². The van der Waals surface area contributed by atoms with E-state index in [-0.39, 0.29) is 11.3 Å². The van der Waals surface area contributed by atoms with E-state index in [1.165, 1.54) is 17.3 Å². The highest BCUT2D eigenvalue weighted by molar-refractivity contribution is 6.52. The number of rotatable bonds is 3. The fraction of sp³-hybridized carbons (Fsp3) is 0.0800. The number of ketones is 1. The lowest BCUT2D eigenvalue weighted by molar-refractivity contribution is -0.132. The molecule has 3 heterocycles. The van der Waals surface area contributed by atoms with Crippen LogP contribution in [0.25, 0.3) is 16.7 Å². The number of Topliss-reactive ketones (excluding diaryl/α,β-unsaturated/α-hetero) is 1. The number of benzene rings is 2. The SMILES string of the molecule is Cn1cc(C2/C(=C(\O)c3ccncc3)C(=O)C(=O)N2c2cccc(Cl)c2)c2ccccc21. The Kier molecular flexibility index (Phi) is 4.79. The second kappa shape index (κ2) is 7.66. The van der Waals surface area contributed by atoms with Crippen LogP contribution in [0.3, 0.4) is 0 Å². The number of fused-ring (bicyclic) bond motifs is 1. The molecule has 32 heavy (non-hydrogen) atoms. The number of halogens is 1. The van der Waals surface area contributed by atoms with E-state index in [1.807, 2.05) is 42.1 Å². The zero-order chi connectivity index (χ0) is 22.4. The maximum atomic E-state index is 13.3. The zero-order valence-electron chi connectivity index (χ0n) is 17.1. The van der Waals surface area contributed by atoms with Gasteiger partial charge in [0.2, 0.25) is 0 Å². The summed E-state index contributed by atoms with van der Waals surface area (Å²) in [5, 5.41) is 12.5. The van der Waals surface area contributed by atoms with Crippen LogP contribution in [0.15, 0.2) is 84.8 Å². The molecule has 6 nitrogen and oxygen atoms in total. The molecule has 0 radical (unpaired) electrons. The van der Waals surface area contributed by atoms with Crippen molar-refractivity contribution in [3.05, 3.63) is 101 Å². The van der Waals surface area contributed by atoms with Gasteiger partial charge in [-0.05, 0) is 36.4 Å². The number of carbonyl (C=O) groups excluding carboxylic acids is 2. The van der Waals surface area contributed by atoms with Crippen LogP contribution >= 0.6 is 11.6 Å². The number of pyridine rings is 1. The van der Waals surface area contributed by atoms with Gasteiger partial charge < -0.3 is 9.67 Å². The van der Waals surface area contributed by atoms with Crippen molar-refractivity contribution in [2.75, 3.05) is 4.90 Å². The van der Waals surface area contributed by atoms with E-state index in [2.05, 4.69) is 4.98 Å². The third-order valence-corrected chi connectivity index (χ3v) is 5.94. The molecule has 1 atom stereocenters. The van der Waals surface area contributed by atoms with E-state index in [1.54, 1.807) is 36.4 Å². The van der Waals surface area contributed by atoms with Crippen LogP contribution < -0.4 is 4.90 Å². The van der Waals surface area contributed by atoms with Gasteiger partial charge in [0.25, 0.3) is 11.7 Å². The summed E-state index contributed by atoms with van der Waals surface area (Å²) in [6, 6.07) is 16.9. The molecule has 0 spiro atoms. The number of nitrogens with zero attached hydrogens (tertiary/aromatic N) is 3. The van der Waals surface area contributed by atoms with E-state index < -0.39 is 17.7 Å². The third-order valence-electron chi connectivity index (χ3n) is 5.71. The summed E-state index contributed by atoms with van der Waals surface area (Å²) in [5.41, 5.74) is 2.60. The largest absolute Gasteiger partial charge is 0.507 e. The summed E-state index contributed by atoms with van der Waals surface area (Å²) in [6.07, 6.45) is 4.93. The highest BCUT2D eigenvalue weighted by Gasteiger charge is 2.47. The average Bonchev–Trinajstić information content (AvgIpc) is 3.28. The minimum atomic E-state index is -0.826. The molecule has 0 saturated carbocycles. The predicted molar refractivity (Wildman–Crippen MR) is 123 cm³/mol. The molecule has 158 valence electrons. The number of para-hydroxylation sites is 1. The lowest BCUT2D eigenvalue weighted by Crippen LogP contribution is -2.29. The first-order valence-electron chi connectivity index (χ1n) is 9.98. The number of aliphatic hydroxyl groups excluding tert-OH is 1. The van der Waals surface area contributed by atoms with E-state index in [4.69, 9.17) is 11.6 Å². The summed E-state index contributed by atoms with van der Waals surface area (Å²) >= 11 is 6.20. The Morgan fingerprint density at radius 3 is 2.53 bits per heavy atom. The fourth-order valence-corrected chi connectivity index (χ4v) is 4.46. The predicted octanol–water partition coefficient (Wildman–Crippen LogP) is 4.85. The van der Waals surface area contributed by atoms with E-state index in [9.17, 15) is 14.7 Å². The summed E-state index contributed by atoms with van der Waals surface area (Å²) in [6.45, 7) is 0. The molecule has 5 rings (SSSR count). The van der Waals surface area contributed by atoms with Crippen LogP contribution in [0.4, 0.5) is 5.69 Å². The molecule has 1 aliphatic rings. The molecule has 2 aromatic carbocycles. The molecule has 1 amide bonds. The molecule has 1 aliphatic heterocycles. The molecule has 0 bridgehead atoms. The van der Waals surface area contributed by atoms with Crippen LogP contribution in [0.2, 0.25) is 5.02 Å². The molecule has 0 aliphatic carbocycles. The summed E-state index contributed by atoms with van der Waals surface area (Å²) in [4.78, 5) is 31.9. The quantitative estimate of drug-likeness (QED) is 0.279. The maximum absolute atomic E-state index is 13.3. The Morgan fingerprint density at radius 2 is 1.78 bits per heavy atom. The van der Waals surface area contributed by atoms with Crippen molar-refractivity contribution in [1.29, 1.82) is 0 Å². The monoisotopic (exact) mass is 443 g/mol. The maximum Gasteiger partial charge on any atom is 0.300 e. The van der Waals surface area contributed by atoms with E-state index >= 15 is 0 Å². The van der Waals surface area contributed by atoms with Gasteiger partial charge in [-0.25, -0.2) is 0 Å². The van der Waals surface area contributed by atoms with E-state index in [0.717, 1.165) is 16.5 Å². The lowest BCUT2D eigenvalue weighted by Gasteiger charge is -2.25. The third kappa shape index (κ3) is 3.08. The van der Waals surface area contributed by atoms with Gasteiger partial charge in [-0.15, -0.1) is 0 Å². The van der Waals surface area contributed by atoms with Gasteiger partial charge in [0.05, 0.1) is 11.6 Å². The van der Waals surface area contributed by atoms with Crippen LogP contribution in [0.5, 0.6) is 0 Å². The van der Waals surface area contributed by atoms with Gasteiger partial charge in [-0.3, -0.25) is 19.5 Å². The molecule has 1 N–H and O–H groups in total. The Bertz CT molecular complexity index is 1410. The number of amides is 1. The molecule has 2 aromatic heterocycles. The number of carbonyl (C=O) groups is 2. The van der Waals surface area contributed by atoms with Gasteiger partial charge in [0.1, 0.15) is 5.76 Å². The first-order chi connectivity index (χ1) is 15.5. The molecule has 7 heteroatoms.